The lowest BCUT2D eigenvalue weighted by atomic mass is 9.33. The summed E-state index contributed by atoms with van der Waals surface area (Å²) in [5.74, 6) is -2.05. The van der Waals surface area contributed by atoms with Crippen molar-refractivity contribution in [2.75, 3.05) is 27.4 Å². The minimum absolute atomic E-state index is 0.0265. The number of carbonyl (C=O) groups is 3. The Morgan fingerprint density at radius 3 is 2.02 bits per heavy atom. The number of amides is 1. The first-order valence-electron chi connectivity index (χ1n) is 32.0. The molecular formula is C64H105NO19. The quantitative estimate of drug-likeness (QED) is 0.0346. The van der Waals surface area contributed by atoms with E-state index in [4.69, 9.17) is 52.5 Å². The Morgan fingerprint density at radius 1 is 0.714 bits per heavy atom. The summed E-state index contributed by atoms with van der Waals surface area (Å²) in [5.41, 5.74) is -0.731. The van der Waals surface area contributed by atoms with Crippen molar-refractivity contribution >= 4 is 17.8 Å². The maximum atomic E-state index is 16.2. The predicted octanol–water partition coefficient (Wildman–Crippen LogP) is 6.99. The second-order valence-electron chi connectivity index (χ2n) is 29.2. The standard InChI is InChI=1S/C64H105NO19/c1-35-25-27-60(7)41-24-23-37-38-31-58(3,4)29-30-64(38,43(75-11)32-62(37,9)61(41,8)28-26-42(60)63(35,10)76-12)57(74)82-55-51(48(72)46(40(33-66)79-55)65-44(68)21-19-17-15-13-14-16-18-20-22-45(69)70)81-56-53-52(83-59(5,6)84-53)50(36(2)78-56)80-54-49(73)47(71)39(67)34-77-54/h23,35-36,38-43,46-56,66-67,71-73H,13-22,24-34H2,1-12H3,(H,65,68)(H,69,70)/t35-,36+,38?,39+,40?,41?,42+,43?,46-,47?,48?,49?,50-,51?,52?,53?,54-,55-,56-,60?,61-,62+,63-,64+/m0/s1. The molecule has 24 atom stereocenters. The van der Waals surface area contributed by atoms with E-state index in [2.05, 4.69) is 59.9 Å². The Hall–Kier alpha value is -2.41. The first-order valence-corrected chi connectivity index (χ1v) is 32.0. The number of carboxylic acid groups (broad SMARTS) is 1. The zero-order valence-electron chi connectivity index (χ0n) is 52.4. The molecular weight excluding hydrogens is 1090 g/mol. The summed E-state index contributed by atoms with van der Waals surface area (Å²) in [6, 6.07) is -1.24. The third-order valence-electron chi connectivity index (χ3n) is 23.4. The van der Waals surface area contributed by atoms with Crippen molar-refractivity contribution in [3.63, 3.8) is 0 Å². The van der Waals surface area contributed by atoms with Crippen LogP contribution in [0, 0.1) is 50.7 Å². The number of aliphatic carboxylic acids is 1. The zero-order chi connectivity index (χ0) is 61.1. The van der Waals surface area contributed by atoms with Crippen molar-refractivity contribution in [1.29, 1.82) is 0 Å². The molecule has 8 fully saturated rings. The van der Waals surface area contributed by atoms with Gasteiger partial charge < -0.3 is 83.3 Å². The van der Waals surface area contributed by atoms with Gasteiger partial charge in [0.1, 0.15) is 54.2 Å². The summed E-state index contributed by atoms with van der Waals surface area (Å²) in [6.45, 7) is 20.8. The highest BCUT2D eigenvalue weighted by Gasteiger charge is 2.73. The fourth-order valence-electron chi connectivity index (χ4n) is 18.1. The van der Waals surface area contributed by atoms with Crippen LogP contribution in [0.5, 0.6) is 0 Å². The molecule has 4 heterocycles. The second-order valence-corrected chi connectivity index (χ2v) is 29.2. The second kappa shape index (κ2) is 25.5. The lowest BCUT2D eigenvalue weighted by molar-refractivity contribution is -0.359. The van der Waals surface area contributed by atoms with Crippen LogP contribution in [0.25, 0.3) is 0 Å². The van der Waals surface area contributed by atoms with Crippen molar-refractivity contribution in [2.45, 2.75) is 295 Å². The molecule has 20 nitrogen and oxygen atoms in total. The molecule has 0 aromatic rings. The van der Waals surface area contributed by atoms with Gasteiger partial charge in [-0.25, -0.2) is 0 Å². The number of nitrogens with one attached hydrogen (secondary N) is 1. The van der Waals surface area contributed by atoms with E-state index in [1.165, 1.54) is 5.57 Å². The van der Waals surface area contributed by atoms with Gasteiger partial charge >= 0.3 is 11.9 Å². The number of hydrogen-bond acceptors (Lipinski definition) is 18. The Balaban J connectivity index is 1.000. The van der Waals surface area contributed by atoms with E-state index in [1.807, 2.05) is 7.11 Å². The van der Waals surface area contributed by atoms with E-state index in [9.17, 15) is 35.1 Å². The van der Waals surface area contributed by atoms with Crippen LogP contribution in [0.4, 0.5) is 0 Å². The molecule has 0 aromatic heterocycles. The van der Waals surface area contributed by atoms with Gasteiger partial charge in [0.2, 0.25) is 12.2 Å². The Morgan fingerprint density at radius 2 is 1.37 bits per heavy atom. The number of unbranched alkanes of at least 4 members (excludes halogenated alkanes) is 7. The number of esters is 1. The number of allylic oxidation sites excluding steroid dienone is 2. The molecule has 20 heteroatoms. The summed E-state index contributed by atoms with van der Waals surface area (Å²) in [4.78, 5) is 40.9. The molecule has 5 aliphatic carbocycles. The average molecular weight is 1190 g/mol. The van der Waals surface area contributed by atoms with Crippen LogP contribution in [-0.2, 0) is 61.8 Å². The van der Waals surface area contributed by atoms with E-state index in [0.717, 1.165) is 70.6 Å². The molecule has 4 aliphatic heterocycles. The molecule has 0 aromatic carbocycles. The molecule has 9 rings (SSSR count). The van der Waals surface area contributed by atoms with E-state index in [-0.39, 0.29) is 58.5 Å². The number of carboxylic acids is 1. The third kappa shape index (κ3) is 12.1. The molecule has 4 saturated carbocycles. The van der Waals surface area contributed by atoms with Gasteiger partial charge in [-0.05, 0) is 144 Å². The van der Waals surface area contributed by atoms with E-state index in [0.29, 0.717) is 56.3 Å². The first-order chi connectivity index (χ1) is 39.5. The molecule has 4 saturated heterocycles. The molecule has 84 heavy (non-hydrogen) atoms. The van der Waals surface area contributed by atoms with Crippen LogP contribution >= 0.6 is 0 Å². The lowest BCUT2D eigenvalue weighted by Gasteiger charge is -2.72. The van der Waals surface area contributed by atoms with Crippen molar-refractivity contribution in [3.05, 3.63) is 11.6 Å². The fourth-order valence-corrected chi connectivity index (χ4v) is 18.1. The number of aliphatic hydroxyl groups excluding tert-OH is 5. The zero-order valence-corrected chi connectivity index (χ0v) is 52.4. The maximum absolute atomic E-state index is 16.2. The van der Waals surface area contributed by atoms with Crippen molar-refractivity contribution in [2.24, 2.45) is 50.7 Å². The first kappa shape index (κ1) is 66.0. The topological polar surface area (TPSA) is 277 Å². The monoisotopic (exact) mass is 1190 g/mol. The van der Waals surface area contributed by atoms with E-state index in [1.54, 1.807) is 27.9 Å². The number of ether oxygens (including phenoxy) is 10. The fraction of sp³-hybridized carbons (Fsp3) is 0.922. The van der Waals surface area contributed by atoms with Crippen LogP contribution in [0.3, 0.4) is 0 Å². The maximum Gasteiger partial charge on any atom is 0.317 e. The summed E-state index contributed by atoms with van der Waals surface area (Å²) < 4.78 is 64.9. The Kier molecular flexibility index (Phi) is 20.0. The molecule has 480 valence electrons. The molecule has 0 bridgehead atoms. The Bertz CT molecular complexity index is 2340. The smallest absolute Gasteiger partial charge is 0.317 e. The van der Waals surface area contributed by atoms with Crippen LogP contribution in [-0.4, -0.2) is 179 Å². The number of hydrogen-bond donors (Lipinski definition) is 7. The molecule has 11 unspecified atom stereocenters. The summed E-state index contributed by atoms with van der Waals surface area (Å²) in [6.07, 6.45) is -0.731. The van der Waals surface area contributed by atoms with Gasteiger partial charge in [-0.3, -0.25) is 14.4 Å². The van der Waals surface area contributed by atoms with Gasteiger partial charge in [-0.1, -0.05) is 91.7 Å². The van der Waals surface area contributed by atoms with Gasteiger partial charge in [0.05, 0.1) is 37.1 Å². The van der Waals surface area contributed by atoms with E-state index < -0.39 is 122 Å². The molecule has 1 amide bonds. The van der Waals surface area contributed by atoms with Gasteiger partial charge in [0.15, 0.2) is 24.5 Å². The number of carbonyl (C=O) groups excluding carboxylic acids is 2. The Labute approximate surface area is 498 Å². The highest BCUT2D eigenvalue weighted by atomic mass is 16.8. The van der Waals surface area contributed by atoms with Crippen molar-refractivity contribution in [3.8, 4) is 0 Å². The van der Waals surface area contributed by atoms with Crippen LogP contribution in [0.2, 0.25) is 0 Å². The van der Waals surface area contributed by atoms with Gasteiger partial charge in [0.25, 0.3) is 0 Å². The molecule has 0 radical (unpaired) electrons. The molecule has 7 N–H and O–H groups in total. The van der Waals surface area contributed by atoms with Crippen LogP contribution in [0.1, 0.15) is 191 Å². The predicted molar refractivity (Wildman–Crippen MR) is 305 cm³/mol. The van der Waals surface area contributed by atoms with Gasteiger partial charge in [0, 0.05) is 27.1 Å². The number of rotatable bonds is 21. The van der Waals surface area contributed by atoms with Crippen LogP contribution in [0.15, 0.2) is 11.6 Å². The van der Waals surface area contributed by atoms with Gasteiger partial charge in [-0.15, -0.1) is 0 Å². The third-order valence-corrected chi connectivity index (χ3v) is 23.4. The summed E-state index contributed by atoms with van der Waals surface area (Å²) in [5, 5.41) is 67.3. The average Bonchev–Trinajstić information content (AvgIpc) is 0.855. The number of aliphatic hydroxyl groups is 5. The summed E-state index contributed by atoms with van der Waals surface area (Å²) in [7, 11) is 3.58. The van der Waals surface area contributed by atoms with Gasteiger partial charge in [-0.2, -0.15) is 0 Å². The lowest BCUT2D eigenvalue weighted by Crippen LogP contribution is -2.70. The largest absolute Gasteiger partial charge is 0.481 e. The molecule has 9 aliphatic rings. The highest BCUT2D eigenvalue weighted by Crippen LogP contribution is 2.76. The normalized spacial score (nSPS) is 46.7. The highest BCUT2D eigenvalue weighted by molar-refractivity contribution is 5.80. The molecule has 0 spiro atoms. The summed E-state index contributed by atoms with van der Waals surface area (Å²) >= 11 is 0. The van der Waals surface area contributed by atoms with Crippen LogP contribution < -0.4 is 5.32 Å². The number of methoxy groups -OCH3 is 2. The number of fused-ring (bicyclic) bond motifs is 8. The minimum Gasteiger partial charge on any atom is -0.481 e. The van der Waals surface area contributed by atoms with Crippen molar-refractivity contribution < 1.29 is 92.4 Å². The van der Waals surface area contributed by atoms with E-state index >= 15 is 4.79 Å². The van der Waals surface area contributed by atoms with Crippen molar-refractivity contribution in [1.82, 2.24) is 5.32 Å². The minimum atomic E-state index is -1.65. The SMILES string of the molecule is COC1C[C@]2(C)C(=CCC3C4(C)CC[C@H](C)[C@](C)(OC)[C@@H]4CC[C@@]32C)C2CC(C)(C)CC[C@]12C(=O)O[C@@H]1OC(CO)[C@H](NC(=O)CCCCCCCCCCC(=O)O)C(O)C1O[C@@H]1O[C@H](C)[C@H](O[C@@H]2OC[C@@H](O)C(O)C2O)C2OC(C)(C)OC21.